The molecule has 0 aromatic heterocycles. The lowest BCUT2D eigenvalue weighted by Gasteiger charge is -2.31. The number of carbonyl (C=O) groups excluding carboxylic acids is 2. The number of carbonyl (C=O) groups is 2. The Kier molecular flexibility index (Phi) is 8.23. The number of hydrogen-bond donors (Lipinski definition) is 1. The van der Waals surface area contributed by atoms with Crippen LogP contribution >= 0.6 is 23.2 Å². The largest absolute Gasteiger partial charge is 0.493 e. The van der Waals surface area contributed by atoms with E-state index in [2.05, 4.69) is 10.2 Å². The Bertz CT molecular complexity index is 970. The van der Waals surface area contributed by atoms with Crippen LogP contribution in [0.5, 0.6) is 11.5 Å². The van der Waals surface area contributed by atoms with Gasteiger partial charge in [0, 0.05) is 40.2 Å². The summed E-state index contributed by atoms with van der Waals surface area (Å²) < 4.78 is 15.4. The molecule has 172 valence electrons. The molecule has 0 unspecified atom stereocenters. The minimum atomic E-state index is -0.576. The first-order chi connectivity index (χ1) is 15.4. The van der Waals surface area contributed by atoms with Crippen molar-refractivity contribution in [3.05, 3.63) is 51.5 Å². The minimum Gasteiger partial charge on any atom is -0.493 e. The maximum atomic E-state index is 13.0. The van der Waals surface area contributed by atoms with Gasteiger partial charge < -0.3 is 19.5 Å². The number of nitrogens with zero attached hydrogens (tertiary/aromatic N) is 1. The lowest BCUT2D eigenvalue weighted by Crippen LogP contribution is -2.38. The Labute approximate surface area is 197 Å². The molecule has 1 fully saturated rings. The van der Waals surface area contributed by atoms with Crippen LogP contribution in [0.15, 0.2) is 30.3 Å². The Morgan fingerprint density at radius 3 is 2.19 bits per heavy atom. The van der Waals surface area contributed by atoms with E-state index in [1.165, 1.54) is 27.4 Å². The second kappa shape index (κ2) is 10.9. The third-order valence-electron chi connectivity index (χ3n) is 5.59. The fraction of sp³-hybridized carbons (Fsp3) is 0.391. The van der Waals surface area contributed by atoms with E-state index >= 15 is 0 Å². The van der Waals surface area contributed by atoms with Gasteiger partial charge in [-0.2, -0.15) is 0 Å². The van der Waals surface area contributed by atoms with Crippen molar-refractivity contribution in [1.82, 2.24) is 4.90 Å². The third-order valence-corrected chi connectivity index (χ3v) is 6.30. The molecule has 0 atom stereocenters. The molecule has 2 aromatic carbocycles. The van der Waals surface area contributed by atoms with Crippen molar-refractivity contribution < 1.29 is 23.8 Å². The molecule has 7 nitrogen and oxygen atoms in total. The van der Waals surface area contributed by atoms with Crippen LogP contribution in [0.3, 0.4) is 0 Å². The van der Waals surface area contributed by atoms with Gasteiger partial charge in [0.05, 0.1) is 32.6 Å². The molecule has 2 aromatic rings. The maximum Gasteiger partial charge on any atom is 0.340 e. The molecule has 3 rings (SSSR count). The highest BCUT2D eigenvalue weighted by Crippen LogP contribution is 2.34. The topological polar surface area (TPSA) is 77.1 Å². The summed E-state index contributed by atoms with van der Waals surface area (Å²) in [5.74, 6) is -0.142. The van der Waals surface area contributed by atoms with E-state index in [1.54, 1.807) is 6.07 Å². The van der Waals surface area contributed by atoms with Gasteiger partial charge in [-0.15, -0.1) is 0 Å². The molecular formula is C23H26Cl2N2O5. The highest BCUT2D eigenvalue weighted by atomic mass is 35.5. The Morgan fingerprint density at radius 2 is 1.62 bits per heavy atom. The maximum absolute atomic E-state index is 13.0. The van der Waals surface area contributed by atoms with Crippen molar-refractivity contribution in [2.24, 2.45) is 5.92 Å². The molecular weight excluding hydrogens is 455 g/mol. The number of halogens is 2. The number of ether oxygens (including phenoxy) is 3. The zero-order valence-electron chi connectivity index (χ0n) is 18.2. The van der Waals surface area contributed by atoms with E-state index in [0.717, 1.165) is 18.7 Å². The van der Waals surface area contributed by atoms with E-state index in [1.807, 2.05) is 18.2 Å². The molecule has 1 aliphatic rings. The number of anilines is 1. The predicted octanol–water partition coefficient (Wildman–Crippen LogP) is 4.65. The van der Waals surface area contributed by atoms with Gasteiger partial charge in [0.1, 0.15) is 0 Å². The third kappa shape index (κ3) is 5.46. The number of esters is 1. The van der Waals surface area contributed by atoms with E-state index in [4.69, 9.17) is 37.4 Å². The lowest BCUT2D eigenvalue weighted by molar-refractivity contribution is -0.121. The molecule has 1 heterocycles. The van der Waals surface area contributed by atoms with Crippen LogP contribution in [-0.4, -0.2) is 51.2 Å². The average molecular weight is 481 g/mol. The van der Waals surface area contributed by atoms with Crippen LogP contribution in [0.4, 0.5) is 5.69 Å². The monoisotopic (exact) mass is 480 g/mol. The molecule has 1 aliphatic heterocycles. The van der Waals surface area contributed by atoms with Crippen molar-refractivity contribution >= 4 is 40.8 Å². The SMILES string of the molecule is COC(=O)c1cc(OC)c(OC)cc1NC(=O)C1CCN(Cc2c(Cl)cccc2Cl)CC1. The predicted molar refractivity (Wildman–Crippen MR) is 124 cm³/mol. The second-order valence-electron chi connectivity index (χ2n) is 7.48. The number of nitrogens with one attached hydrogen (secondary N) is 1. The smallest absolute Gasteiger partial charge is 0.340 e. The van der Waals surface area contributed by atoms with E-state index < -0.39 is 5.97 Å². The zero-order chi connectivity index (χ0) is 23.3. The van der Waals surface area contributed by atoms with Crippen molar-refractivity contribution in [2.45, 2.75) is 19.4 Å². The van der Waals surface area contributed by atoms with Gasteiger partial charge in [-0.25, -0.2) is 4.79 Å². The first kappa shape index (κ1) is 24.2. The molecule has 1 amide bonds. The Hall–Kier alpha value is -2.48. The molecule has 0 bridgehead atoms. The van der Waals surface area contributed by atoms with Crippen molar-refractivity contribution in [3.63, 3.8) is 0 Å². The quantitative estimate of drug-likeness (QED) is 0.581. The van der Waals surface area contributed by atoms with Gasteiger partial charge in [-0.3, -0.25) is 9.69 Å². The van der Waals surface area contributed by atoms with Crippen LogP contribution in [0, 0.1) is 5.92 Å². The van der Waals surface area contributed by atoms with E-state index in [0.29, 0.717) is 46.6 Å². The summed E-state index contributed by atoms with van der Waals surface area (Å²) >= 11 is 12.6. The standard InChI is InChI=1S/C23H26Cl2N2O5/c1-30-20-11-15(23(29)32-3)19(12-21(20)31-2)26-22(28)14-7-9-27(10-8-14)13-16-17(24)5-4-6-18(16)25/h4-6,11-12,14H,7-10,13H2,1-3H3,(H,26,28). The number of benzene rings is 2. The average Bonchev–Trinajstić information content (AvgIpc) is 2.81. The number of rotatable bonds is 7. The highest BCUT2D eigenvalue weighted by Gasteiger charge is 2.27. The number of likely N-dealkylation sites (tertiary alicyclic amines) is 1. The van der Waals surface area contributed by atoms with Crippen LogP contribution in [0.2, 0.25) is 10.0 Å². The molecule has 0 saturated carbocycles. The second-order valence-corrected chi connectivity index (χ2v) is 8.30. The molecule has 9 heteroatoms. The number of piperidine rings is 1. The number of methoxy groups -OCH3 is 3. The van der Waals surface area contributed by atoms with Crippen LogP contribution in [0.1, 0.15) is 28.8 Å². The van der Waals surface area contributed by atoms with Gasteiger partial charge in [0.2, 0.25) is 5.91 Å². The number of amides is 1. The van der Waals surface area contributed by atoms with Crippen LogP contribution in [-0.2, 0) is 16.1 Å². The van der Waals surface area contributed by atoms with Gasteiger partial charge in [-0.05, 0) is 38.1 Å². The summed E-state index contributed by atoms with van der Waals surface area (Å²) in [6.07, 6.45) is 1.35. The Morgan fingerprint density at radius 1 is 1.03 bits per heavy atom. The minimum absolute atomic E-state index is 0.155. The van der Waals surface area contributed by atoms with Gasteiger partial charge in [0.15, 0.2) is 11.5 Å². The van der Waals surface area contributed by atoms with E-state index in [9.17, 15) is 9.59 Å². The first-order valence-electron chi connectivity index (χ1n) is 10.2. The highest BCUT2D eigenvalue weighted by molar-refractivity contribution is 6.35. The van der Waals surface area contributed by atoms with Crippen LogP contribution in [0.25, 0.3) is 0 Å². The number of hydrogen-bond acceptors (Lipinski definition) is 6. The molecule has 1 saturated heterocycles. The summed E-state index contributed by atoms with van der Waals surface area (Å²) in [5, 5.41) is 4.15. The molecule has 0 spiro atoms. The van der Waals surface area contributed by atoms with Gasteiger partial charge >= 0.3 is 5.97 Å². The fourth-order valence-corrected chi connectivity index (χ4v) is 4.27. The summed E-state index contributed by atoms with van der Waals surface area (Å²) in [4.78, 5) is 27.4. The summed E-state index contributed by atoms with van der Waals surface area (Å²) in [6, 6.07) is 8.53. The van der Waals surface area contributed by atoms with Crippen molar-refractivity contribution in [1.29, 1.82) is 0 Å². The first-order valence-corrected chi connectivity index (χ1v) is 10.9. The van der Waals surface area contributed by atoms with E-state index in [-0.39, 0.29) is 17.4 Å². The summed E-state index contributed by atoms with van der Waals surface area (Å²) in [6.45, 7) is 2.10. The van der Waals surface area contributed by atoms with Crippen LogP contribution < -0.4 is 14.8 Å². The summed E-state index contributed by atoms with van der Waals surface area (Å²) in [5.41, 5.74) is 1.42. The zero-order valence-corrected chi connectivity index (χ0v) is 19.8. The molecule has 0 aliphatic carbocycles. The normalized spacial score (nSPS) is 14.7. The fourth-order valence-electron chi connectivity index (χ4n) is 3.76. The summed E-state index contributed by atoms with van der Waals surface area (Å²) in [7, 11) is 4.24. The van der Waals surface area contributed by atoms with Gasteiger partial charge in [-0.1, -0.05) is 29.3 Å². The van der Waals surface area contributed by atoms with Crippen molar-refractivity contribution in [3.8, 4) is 11.5 Å². The van der Waals surface area contributed by atoms with Crippen molar-refractivity contribution in [2.75, 3.05) is 39.7 Å². The molecule has 1 N–H and O–H groups in total. The Balaban J connectivity index is 1.68. The molecule has 32 heavy (non-hydrogen) atoms. The molecule has 0 radical (unpaired) electrons. The lowest BCUT2D eigenvalue weighted by atomic mass is 9.95. The van der Waals surface area contributed by atoms with Gasteiger partial charge in [0.25, 0.3) is 0 Å².